The fourth-order valence-corrected chi connectivity index (χ4v) is 3.21. The van der Waals surface area contributed by atoms with Gasteiger partial charge in [0.25, 0.3) is 0 Å². The number of fused-ring (bicyclic) bond motifs is 1. The van der Waals surface area contributed by atoms with Gasteiger partial charge in [-0.1, -0.05) is 41.5 Å². The van der Waals surface area contributed by atoms with Gasteiger partial charge in [0.05, 0.1) is 11.5 Å². The Bertz CT molecular complexity index is 1040. The van der Waals surface area contributed by atoms with Crippen molar-refractivity contribution in [3.8, 4) is 11.3 Å². The Labute approximate surface area is 170 Å². The second-order valence-electron chi connectivity index (χ2n) is 6.84. The summed E-state index contributed by atoms with van der Waals surface area (Å²) in [6.45, 7) is 7.61. The molecule has 1 aliphatic heterocycles. The van der Waals surface area contributed by atoms with Gasteiger partial charge in [-0.2, -0.15) is 0 Å². The highest BCUT2D eigenvalue weighted by Crippen LogP contribution is 2.23. The van der Waals surface area contributed by atoms with Gasteiger partial charge in [0.15, 0.2) is 13.1 Å². The van der Waals surface area contributed by atoms with Gasteiger partial charge in [-0.05, 0) is 26.0 Å². The molecule has 0 atom stereocenters. The molecular formula is C21H22ClNO6. The SMILES string of the molecule is Cc1ccc(-c2cc(=[N+]3CCOCC3)c3cc(C)ccc3o2)cc1.[O-][Cl+3]([O-])([O-])[O-]. The van der Waals surface area contributed by atoms with Crippen LogP contribution in [0.25, 0.3) is 22.3 Å². The van der Waals surface area contributed by atoms with Crippen LogP contribution >= 0.6 is 0 Å². The lowest BCUT2D eigenvalue weighted by molar-refractivity contribution is -2.00. The molecular weight excluding hydrogens is 398 g/mol. The molecule has 2 heterocycles. The van der Waals surface area contributed by atoms with E-state index in [-0.39, 0.29) is 0 Å². The number of ether oxygens (including phenoxy) is 1. The lowest BCUT2D eigenvalue weighted by Gasteiger charge is -2.17. The number of morpholine rings is 1. The maximum atomic E-state index is 8.49. The Morgan fingerprint density at radius 3 is 2.03 bits per heavy atom. The predicted molar refractivity (Wildman–Crippen MR) is 96.9 cm³/mol. The minimum absolute atomic E-state index is 0.777. The summed E-state index contributed by atoms with van der Waals surface area (Å²) in [4.78, 5) is 0. The van der Waals surface area contributed by atoms with E-state index in [1.807, 2.05) is 0 Å². The Balaban J connectivity index is 0.000000431. The third kappa shape index (κ3) is 6.11. The number of hydrogen-bond acceptors (Lipinski definition) is 6. The molecule has 7 nitrogen and oxygen atoms in total. The maximum Gasteiger partial charge on any atom is 0.214 e. The molecule has 2 aromatic carbocycles. The molecule has 1 aromatic heterocycles. The number of halogens is 1. The summed E-state index contributed by atoms with van der Waals surface area (Å²) < 4.78 is 48.1. The first-order chi connectivity index (χ1) is 13.7. The molecule has 0 bridgehead atoms. The van der Waals surface area contributed by atoms with Crippen molar-refractivity contribution in [1.29, 1.82) is 0 Å². The lowest BCUT2D eigenvalue weighted by atomic mass is 10.1. The van der Waals surface area contributed by atoms with Crippen molar-refractivity contribution in [3.63, 3.8) is 0 Å². The van der Waals surface area contributed by atoms with Crippen molar-refractivity contribution in [2.45, 2.75) is 13.8 Å². The zero-order chi connectivity index (χ0) is 21.0. The van der Waals surface area contributed by atoms with E-state index in [9.17, 15) is 0 Å². The first kappa shape index (κ1) is 21.4. The van der Waals surface area contributed by atoms with Crippen molar-refractivity contribution in [2.75, 3.05) is 26.3 Å². The van der Waals surface area contributed by atoms with E-state index in [2.05, 4.69) is 67.0 Å². The fraction of sp³-hybridized carbons (Fsp3) is 0.286. The zero-order valence-corrected chi connectivity index (χ0v) is 17.0. The van der Waals surface area contributed by atoms with E-state index < -0.39 is 10.2 Å². The van der Waals surface area contributed by atoms with Gasteiger partial charge >= 0.3 is 0 Å². The average molecular weight is 420 g/mol. The van der Waals surface area contributed by atoms with Crippen LogP contribution in [0.3, 0.4) is 0 Å². The molecule has 1 fully saturated rings. The van der Waals surface area contributed by atoms with Crippen LogP contribution in [0.1, 0.15) is 11.1 Å². The zero-order valence-electron chi connectivity index (χ0n) is 16.2. The highest BCUT2D eigenvalue weighted by Gasteiger charge is 2.16. The van der Waals surface area contributed by atoms with E-state index in [1.165, 1.54) is 21.9 Å². The van der Waals surface area contributed by atoms with Crippen LogP contribution in [0.2, 0.25) is 0 Å². The van der Waals surface area contributed by atoms with Crippen LogP contribution in [0.15, 0.2) is 52.9 Å². The third-order valence-electron chi connectivity index (χ3n) is 4.59. The number of aryl methyl sites for hydroxylation is 2. The summed E-state index contributed by atoms with van der Waals surface area (Å²) in [7, 11) is -4.94. The molecule has 154 valence electrons. The minimum Gasteiger partial charge on any atom is -0.456 e. The van der Waals surface area contributed by atoms with E-state index in [1.54, 1.807) is 0 Å². The van der Waals surface area contributed by atoms with Crippen LogP contribution in [0, 0.1) is 24.1 Å². The van der Waals surface area contributed by atoms with E-state index in [4.69, 9.17) is 27.8 Å². The fourth-order valence-electron chi connectivity index (χ4n) is 3.21. The van der Waals surface area contributed by atoms with Crippen molar-refractivity contribution in [3.05, 3.63) is 65.0 Å². The maximum absolute atomic E-state index is 8.49. The molecule has 1 saturated heterocycles. The topological polar surface area (TPSA) is 118 Å². The molecule has 0 saturated carbocycles. The first-order valence-electron chi connectivity index (χ1n) is 9.10. The van der Waals surface area contributed by atoms with Crippen LogP contribution in [-0.2, 0) is 4.74 Å². The number of nitrogens with zero attached hydrogens (tertiary/aromatic N) is 1. The smallest absolute Gasteiger partial charge is 0.214 e. The normalized spacial score (nSPS) is 14.5. The third-order valence-corrected chi connectivity index (χ3v) is 4.59. The monoisotopic (exact) mass is 419 g/mol. The summed E-state index contributed by atoms with van der Waals surface area (Å²) in [5.74, 6) is 0.910. The van der Waals surface area contributed by atoms with E-state index in [0.29, 0.717) is 0 Å². The van der Waals surface area contributed by atoms with Crippen molar-refractivity contribution in [2.24, 2.45) is 0 Å². The number of benzene rings is 2. The largest absolute Gasteiger partial charge is 0.456 e. The van der Waals surface area contributed by atoms with Gasteiger partial charge in [0.1, 0.15) is 24.6 Å². The Kier molecular flexibility index (Phi) is 6.69. The molecule has 0 N–H and O–H groups in total. The van der Waals surface area contributed by atoms with E-state index in [0.717, 1.165) is 43.2 Å². The van der Waals surface area contributed by atoms with Crippen LogP contribution < -0.4 is 28.6 Å². The first-order valence-corrected chi connectivity index (χ1v) is 10.3. The van der Waals surface area contributed by atoms with Crippen molar-refractivity contribution < 1.29 is 38.0 Å². The van der Waals surface area contributed by atoms with E-state index >= 15 is 0 Å². The molecule has 0 unspecified atom stereocenters. The second kappa shape index (κ2) is 9.04. The summed E-state index contributed by atoms with van der Waals surface area (Å²) in [6.07, 6.45) is 0. The molecule has 29 heavy (non-hydrogen) atoms. The Hall–Kier alpha value is -2.26. The molecule has 3 aromatic rings. The molecule has 1 aliphatic rings. The quantitative estimate of drug-likeness (QED) is 0.455. The highest BCUT2D eigenvalue weighted by atomic mass is 35.7. The lowest BCUT2D eigenvalue weighted by Crippen LogP contribution is -2.68. The molecule has 0 amide bonds. The van der Waals surface area contributed by atoms with Crippen molar-refractivity contribution >= 4 is 11.0 Å². The van der Waals surface area contributed by atoms with Gasteiger partial charge in [-0.25, -0.2) is 23.2 Å². The van der Waals surface area contributed by atoms with Crippen LogP contribution in [0.4, 0.5) is 0 Å². The summed E-state index contributed by atoms with van der Waals surface area (Å²) in [5, 5.41) is 2.41. The summed E-state index contributed by atoms with van der Waals surface area (Å²) in [6, 6.07) is 17.1. The standard InChI is InChI=1S/C21H22NO2.ClHO4/c1-15-3-6-17(7-4-15)21-14-19(22-9-11-23-12-10-22)18-13-16(2)5-8-20(18)24-21;2-1(3,4)5/h3-8,13-14H,9-12H2,1-2H3;(H,2,3,4,5)/q+1;/p-1. The van der Waals surface area contributed by atoms with Gasteiger partial charge in [-0.15, -0.1) is 10.2 Å². The molecule has 0 spiro atoms. The second-order valence-corrected chi connectivity index (χ2v) is 7.59. The van der Waals surface area contributed by atoms with Crippen LogP contribution in [0.5, 0.6) is 0 Å². The minimum atomic E-state index is -4.94. The van der Waals surface area contributed by atoms with Crippen molar-refractivity contribution in [1.82, 2.24) is 4.58 Å². The predicted octanol–water partition coefficient (Wildman–Crippen LogP) is -1.24. The van der Waals surface area contributed by atoms with Crippen LogP contribution in [-0.4, -0.2) is 26.3 Å². The number of hydrogen-bond donors (Lipinski definition) is 0. The Morgan fingerprint density at radius 2 is 1.41 bits per heavy atom. The number of rotatable bonds is 1. The van der Waals surface area contributed by atoms with Gasteiger partial charge in [0, 0.05) is 5.56 Å². The average Bonchev–Trinajstić information content (AvgIpc) is 2.67. The van der Waals surface area contributed by atoms with Gasteiger partial charge in [-0.3, -0.25) is 0 Å². The Morgan fingerprint density at radius 1 is 0.828 bits per heavy atom. The van der Waals surface area contributed by atoms with Gasteiger partial charge < -0.3 is 9.15 Å². The van der Waals surface area contributed by atoms with Gasteiger partial charge in [0.2, 0.25) is 5.36 Å². The molecule has 8 heteroatoms. The summed E-state index contributed by atoms with van der Waals surface area (Å²) >= 11 is 0. The summed E-state index contributed by atoms with van der Waals surface area (Å²) in [5.41, 5.74) is 4.54. The molecule has 0 aliphatic carbocycles. The molecule has 0 radical (unpaired) electrons. The highest BCUT2D eigenvalue weighted by molar-refractivity contribution is 5.79. The molecule has 4 rings (SSSR count).